The monoisotopic (exact) mass is 403 g/mol. The van der Waals surface area contributed by atoms with Crippen molar-refractivity contribution in [3.63, 3.8) is 0 Å². The summed E-state index contributed by atoms with van der Waals surface area (Å²) < 4.78 is 1.87. The van der Waals surface area contributed by atoms with Crippen molar-refractivity contribution in [3.8, 4) is 10.7 Å². The Kier molecular flexibility index (Phi) is 5.87. The summed E-state index contributed by atoms with van der Waals surface area (Å²) in [6.45, 7) is 2.12. The van der Waals surface area contributed by atoms with Gasteiger partial charge in [-0.3, -0.25) is 14.9 Å². The highest BCUT2D eigenvalue weighted by atomic mass is 32.2. The van der Waals surface area contributed by atoms with E-state index in [1.54, 1.807) is 13.0 Å². The molecule has 0 saturated heterocycles. The highest BCUT2D eigenvalue weighted by Crippen LogP contribution is 2.31. The second-order valence-corrected chi connectivity index (χ2v) is 7.65. The number of primary amides is 1. The molecule has 0 aliphatic rings. The van der Waals surface area contributed by atoms with Crippen molar-refractivity contribution in [3.05, 3.63) is 57.0 Å². The van der Waals surface area contributed by atoms with Gasteiger partial charge in [-0.2, -0.15) is 0 Å². The van der Waals surface area contributed by atoms with Crippen LogP contribution in [0.2, 0.25) is 0 Å². The Labute approximate surface area is 163 Å². The molecule has 0 bridgehead atoms. The largest absolute Gasteiger partial charge is 0.370 e. The molecule has 0 saturated carbocycles. The van der Waals surface area contributed by atoms with Crippen LogP contribution in [0.15, 0.2) is 40.9 Å². The number of thiophene rings is 1. The second kappa shape index (κ2) is 8.31. The number of nitro benzene ring substituents is 1. The lowest BCUT2D eigenvalue weighted by Gasteiger charge is -2.09. The van der Waals surface area contributed by atoms with Gasteiger partial charge in [-0.25, -0.2) is 0 Å². The molecule has 0 atom stereocenters. The number of thioether (sulfide) groups is 1. The first kappa shape index (κ1) is 19.1. The number of aromatic nitrogens is 3. The molecule has 0 unspecified atom stereocenters. The average Bonchev–Trinajstić information content (AvgIpc) is 3.28. The van der Waals surface area contributed by atoms with E-state index < -0.39 is 5.91 Å². The molecule has 0 aliphatic heterocycles. The van der Waals surface area contributed by atoms with Crippen LogP contribution in [-0.2, 0) is 17.1 Å². The van der Waals surface area contributed by atoms with Crippen LogP contribution in [0.3, 0.4) is 0 Å². The first-order chi connectivity index (χ1) is 13.0. The molecule has 0 spiro atoms. The van der Waals surface area contributed by atoms with Gasteiger partial charge in [0.2, 0.25) is 5.91 Å². The predicted molar refractivity (Wildman–Crippen MR) is 105 cm³/mol. The topological polar surface area (TPSA) is 117 Å². The minimum Gasteiger partial charge on any atom is -0.370 e. The standard InChI is InChI=1S/C17H17N5O3S2/c1-11-12(4-2-5-13(11)22(24)25)10-27-17-20-19-16(14-6-3-9-26-14)21(17)8-7-15(18)23/h2-6,9H,7-8,10H2,1H3,(H2,18,23). The average molecular weight is 403 g/mol. The Balaban J connectivity index is 1.86. The molecule has 1 aromatic carbocycles. The molecule has 27 heavy (non-hydrogen) atoms. The van der Waals surface area contributed by atoms with Gasteiger partial charge in [-0.1, -0.05) is 30.0 Å². The number of nitrogens with two attached hydrogens (primary N) is 1. The number of amides is 1. The SMILES string of the molecule is Cc1c(CSc2nnc(-c3cccs3)n2CCC(N)=O)cccc1[N+](=O)[O-]. The van der Waals surface area contributed by atoms with Gasteiger partial charge in [0.1, 0.15) is 0 Å². The van der Waals surface area contributed by atoms with E-state index in [2.05, 4.69) is 10.2 Å². The first-order valence-electron chi connectivity index (χ1n) is 8.08. The number of hydrogen-bond donors (Lipinski definition) is 1. The van der Waals surface area contributed by atoms with E-state index in [4.69, 9.17) is 5.73 Å². The molecular weight excluding hydrogens is 386 g/mol. The molecule has 0 fully saturated rings. The van der Waals surface area contributed by atoms with Crippen LogP contribution in [0.5, 0.6) is 0 Å². The van der Waals surface area contributed by atoms with Crippen LogP contribution in [-0.4, -0.2) is 25.6 Å². The molecule has 140 valence electrons. The lowest BCUT2D eigenvalue weighted by Crippen LogP contribution is -2.14. The highest BCUT2D eigenvalue weighted by Gasteiger charge is 2.18. The van der Waals surface area contributed by atoms with Crippen LogP contribution in [0.25, 0.3) is 10.7 Å². The van der Waals surface area contributed by atoms with Crippen molar-refractivity contribution in [2.75, 3.05) is 0 Å². The maximum atomic E-state index is 11.2. The molecule has 2 N–H and O–H groups in total. The summed E-state index contributed by atoms with van der Waals surface area (Å²) >= 11 is 2.96. The molecule has 0 radical (unpaired) electrons. The van der Waals surface area contributed by atoms with E-state index >= 15 is 0 Å². The quantitative estimate of drug-likeness (QED) is 0.350. The van der Waals surface area contributed by atoms with Gasteiger partial charge >= 0.3 is 0 Å². The summed E-state index contributed by atoms with van der Waals surface area (Å²) in [5.41, 5.74) is 6.89. The van der Waals surface area contributed by atoms with E-state index in [1.807, 2.05) is 28.1 Å². The van der Waals surface area contributed by atoms with Crippen LogP contribution >= 0.6 is 23.1 Å². The number of nitrogens with zero attached hydrogens (tertiary/aromatic N) is 4. The van der Waals surface area contributed by atoms with E-state index in [9.17, 15) is 14.9 Å². The second-order valence-electron chi connectivity index (χ2n) is 5.76. The summed E-state index contributed by atoms with van der Waals surface area (Å²) in [7, 11) is 0. The third kappa shape index (κ3) is 4.34. The van der Waals surface area contributed by atoms with E-state index in [0.717, 1.165) is 10.4 Å². The smallest absolute Gasteiger partial charge is 0.272 e. The third-order valence-corrected chi connectivity index (χ3v) is 5.89. The van der Waals surface area contributed by atoms with Crippen molar-refractivity contribution < 1.29 is 9.72 Å². The van der Waals surface area contributed by atoms with Crippen molar-refractivity contribution in [1.82, 2.24) is 14.8 Å². The molecule has 0 aliphatic carbocycles. The van der Waals surface area contributed by atoms with Crippen LogP contribution < -0.4 is 5.73 Å². The van der Waals surface area contributed by atoms with E-state index in [0.29, 0.717) is 28.8 Å². The molecular formula is C17H17N5O3S2. The fraction of sp³-hybridized carbons (Fsp3) is 0.235. The minimum atomic E-state index is -0.397. The molecule has 8 nitrogen and oxygen atoms in total. The van der Waals surface area contributed by atoms with Crippen molar-refractivity contribution >= 4 is 34.7 Å². The predicted octanol–water partition coefficient (Wildman–Crippen LogP) is 3.39. The Hall–Kier alpha value is -2.72. The highest BCUT2D eigenvalue weighted by molar-refractivity contribution is 7.98. The number of hydrogen-bond acceptors (Lipinski definition) is 7. The van der Waals surface area contributed by atoms with Crippen molar-refractivity contribution in [2.45, 2.75) is 30.8 Å². The summed E-state index contributed by atoms with van der Waals surface area (Å²) in [6, 6.07) is 8.89. The Bertz CT molecular complexity index is 969. The molecule has 3 rings (SSSR count). The number of carbonyl (C=O) groups is 1. The molecule has 2 aromatic heterocycles. The lowest BCUT2D eigenvalue weighted by molar-refractivity contribution is -0.385. The van der Waals surface area contributed by atoms with Gasteiger partial charge in [0.25, 0.3) is 5.69 Å². The van der Waals surface area contributed by atoms with Gasteiger partial charge in [0, 0.05) is 30.3 Å². The Morgan fingerprint density at radius 2 is 2.15 bits per heavy atom. The number of rotatable bonds is 8. The Morgan fingerprint density at radius 1 is 1.33 bits per heavy atom. The molecule has 1 amide bonds. The maximum absolute atomic E-state index is 11.2. The van der Waals surface area contributed by atoms with Gasteiger partial charge in [-0.15, -0.1) is 21.5 Å². The third-order valence-electron chi connectivity index (χ3n) is 4.01. The number of carbonyl (C=O) groups excluding carboxylic acids is 1. The van der Waals surface area contributed by atoms with Gasteiger partial charge in [0.15, 0.2) is 11.0 Å². The zero-order valence-corrected chi connectivity index (χ0v) is 16.1. The molecule has 2 heterocycles. The lowest BCUT2D eigenvalue weighted by atomic mass is 10.1. The van der Waals surface area contributed by atoms with Crippen molar-refractivity contribution in [2.24, 2.45) is 5.73 Å². The van der Waals surface area contributed by atoms with E-state index in [-0.39, 0.29) is 17.0 Å². The number of nitro groups is 1. The van der Waals surface area contributed by atoms with Crippen LogP contribution in [0.4, 0.5) is 5.69 Å². The molecule has 3 aromatic rings. The Morgan fingerprint density at radius 3 is 2.81 bits per heavy atom. The minimum absolute atomic E-state index is 0.0996. The normalized spacial score (nSPS) is 10.9. The van der Waals surface area contributed by atoms with Crippen LogP contribution in [0, 0.1) is 17.0 Å². The number of benzene rings is 1. The van der Waals surface area contributed by atoms with Gasteiger partial charge in [0.05, 0.1) is 9.80 Å². The fourth-order valence-electron chi connectivity index (χ4n) is 2.57. The van der Waals surface area contributed by atoms with E-state index in [1.165, 1.54) is 29.2 Å². The zero-order valence-electron chi connectivity index (χ0n) is 14.5. The fourth-order valence-corrected chi connectivity index (χ4v) is 4.32. The zero-order chi connectivity index (χ0) is 19.4. The van der Waals surface area contributed by atoms with Gasteiger partial charge < -0.3 is 10.3 Å². The summed E-state index contributed by atoms with van der Waals surface area (Å²) in [5.74, 6) is 0.794. The first-order valence-corrected chi connectivity index (χ1v) is 9.95. The van der Waals surface area contributed by atoms with Gasteiger partial charge in [-0.05, 0) is 23.9 Å². The summed E-state index contributed by atoms with van der Waals surface area (Å²) in [6.07, 6.45) is 0.180. The summed E-state index contributed by atoms with van der Waals surface area (Å²) in [5, 5.41) is 22.2. The summed E-state index contributed by atoms with van der Waals surface area (Å²) in [4.78, 5) is 22.9. The molecule has 10 heteroatoms. The van der Waals surface area contributed by atoms with Crippen molar-refractivity contribution in [1.29, 1.82) is 0 Å². The maximum Gasteiger partial charge on any atom is 0.272 e. The van der Waals surface area contributed by atoms with Crippen LogP contribution in [0.1, 0.15) is 17.5 Å².